The Bertz CT molecular complexity index is 1120. The fourth-order valence-corrected chi connectivity index (χ4v) is 3.18. The summed E-state index contributed by atoms with van der Waals surface area (Å²) in [6.45, 7) is 4.56. The largest absolute Gasteiger partial charge is 0.741 e. The number of hydrogen-bond donors (Lipinski definition) is 1. The van der Waals surface area contributed by atoms with E-state index in [1.54, 1.807) is 25.3 Å². The van der Waals surface area contributed by atoms with Crippen molar-refractivity contribution in [1.29, 1.82) is 0 Å². The van der Waals surface area contributed by atoms with Gasteiger partial charge in [0.05, 0.1) is 30.8 Å². The second kappa shape index (κ2) is 11.4. The fourth-order valence-electron chi connectivity index (χ4n) is 2.23. The number of halogens is 3. The highest BCUT2D eigenvalue weighted by Crippen LogP contribution is 2.20. The lowest BCUT2D eigenvalue weighted by atomic mass is 10.3. The SMILES string of the molecule is C/C(=N/NS(=O)(=O)CCCCn1cc[n+](C)c1C)c1ccccn1.O=S(=O)([O-])C(F)(F)F. The van der Waals surface area contributed by atoms with Crippen LogP contribution >= 0.6 is 0 Å². The Morgan fingerprint density at radius 1 is 1.25 bits per heavy atom. The van der Waals surface area contributed by atoms with Crippen LogP contribution < -0.4 is 9.40 Å². The van der Waals surface area contributed by atoms with Crippen molar-refractivity contribution in [1.82, 2.24) is 14.4 Å². The maximum atomic E-state index is 12.0. The molecule has 10 nitrogen and oxygen atoms in total. The lowest BCUT2D eigenvalue weighted by molar-refractivity contribution is -0.677. The monoisotopic (exact) mass is 499 g/mol. The summed E-state index contributed by atoms with van der Waals surface area (Å²) in [5.74, 6) is 1.20. The van der Waals surface area contributed by atoms with Crippen LogP contribution in [0.2, 0.25) is 0 Å². The van der Waals surface area contributed by atoms with Crippen molar-refractivity contribution in [2.45, 2.75) is 38.7 Å². The summed E-state index contributed by atoms with van der Waals surface area (Å²) in [6.07, 6.45) is 7.01. The van der Waals surface area contributed by atoms with Gasteiger partial charge in [0.25, 0.3) is 5.82 Å². The summed E-state index contributed by atoms with van der Waals surface area (Å²) in [6, 6.07) is 5.42. The molecule has 0 atom stereocenters. The Hall–Kier alpha value is -2.52. The summed E-state index contributed by atoms with van der Waals surface area (Å²) in [5.41, 5.74) is -4.46. The van der Waals surface area contributed by atoms with Crippen LogP contribution in [0, 0.1) is 6.92 Å². The molecule has 1 N–H and O–H groups in total. The van der Waals surface area contributed by atoms with E-state index in [-0.39, 0.29) is 5.75 Å². The summed E-state index contributed by atoms with van der Waals surface area (Å²) in [7, 11) is -7.53. The molecule has 0 aliphatic heterocycles. The molecule has 0 spiro atoms. The summed E-state index contributed by atoms with van der Waals surface area (Å²) in [4.78, 5) is 6.41. The molecule has 2 heterocycles. The molecule has 0 aromatic carbocycles. The van der Waals surface area contributed by atoms with Crippen LogP contribution in [0.15, 0.2) is 41.9 Å². The smallest absolute Gasteiger partial charge is 0.485 e. The van der Waals surface area contributed by atoms with E-state index in [0.717, 1.165) is 18.8 Å². The first-order chi connectivity index (χ1) is 14.6. The molecule has 0 fully saturated rings. The van der Waals surface area contributed by atoms with Gasteiger partial charge in [0.15, 0.2) is 10.1 Å². The van der Waals surface area contributed by atoms with Crippen molar-refractivity contribution in [3.05, 3.63) is 48.3 Å². The number of aromatic nitrogens is 3. The minimum absolute atomic E-state index is 0.0540. The van der Waals surface area contributed by atoms with Gasteiger partial charge in [0.1, 0.15) is 12.4 Å². The number of unbranched alkanes of at least 4 members (excludes halogenated alkanes) is 1. The third kappa shape index (κ3) is 9.32. The van der Waals surface area contributed by atoms with Crippen LogP contribution in [0.3, 0.4) is 0 Å². The fraction of sp³-hybridized carbons (Fsp3) is 0.471. The van der Waals surface area contributed by atoms with E-state index < -0.39 is 25.6 Å². The lowest BCUT2D eigenvalue weighted by Crippen LogP contribution is -2.29. The van der Waals surface area contributed by atoms with Crippen LogP contribution in [0.25, 0.3) is 0 Å². The van der Waals surface area contributed by atoms with Crippen molar-refractivity contribution < 1.29 is 39.1 Å². The van der Waals surface area contributed by atoms with Gasteiger partial charge in [-0.1, -0.05) is 6.07 Å². The highest BCUT2D eigenvalue weighted by Gasteiger charge is 2.36. The predicted octanol–water partition coefficient (Wildman–Crippen LogP) is 1.19. The maximum Gasteiger partial charge on any atom is 0.485 e. The van der Waals surface area contributed by atoms with Gasteiger partial charge < -0.3 is 4.55 Å². The van der Waals surface area contributed by atoms with Crippen molar-refractivity contribution in [2.75, 3.05) is 5.75 Å². The Kier molecular flexibility index (Phi) is 9.78. The first-order valence-corrected chi connectivity index (χ1v) is 12.2. The Labute approximate surface area is 184 Å². The van der Waals surface area contributed by atoms with Gasteiger partial charge >= 0.3 is 5.51 Å². The molecule has 0 bridgehead atoms. The first kappa shape index (κ1) is 27.5. The van der Waals surface area contributed by atoms with Gasteiger partial charge in [-0.25, -0.2) is 30.8 Å². The lowest BCUT2D eigenvalue weighted by Gasteiger charge is -2.08. The number of sulfonamides is 1. The normalized spacial score (nSPS) is 12.8. The maximum absolute atomic E-state index is 12.0. The summed E-state index contributed by atoms with van der Waals surface area (Å²) >= 11 is 0. The van der Waals surface area contributed by atoms with Gasteiger partial charge in [-0.05, 0) is 31.9 Å². The minimum atomic E-state index is -6.09. The van der Waals surface area contributed by atoms with E-state index in [1.807, 2.05) is 37.0 Å². The zero-order valence-electron chi connectivity index (χ0n) is 17.6. The van der Waals surface area contributed by atoms with E-state index in [2.05, 4.69) is 19.5 Å². The highest BCUT2D eigenvalue weighted by atomic mass is 32.2. The van der Waals surface area contributed by atoms with Crippen LogP contribution in [0.1, 0.15) is 31.3 Å². The second-order valence-corrected chi connectivity index (χ2v) is 9.77. The van der Waals surface area contributed by atoms with E-state index in [4.69, 9.17) is 13.0 Å². The predicted molar refractivity (Wildman–Crippen MR) is 109 cm³/mol. The number of rotatable bonds is 8. The molecule has 2 rings (SSSR count). The van der Waals surface area contributed by atoms with E-state index in [9.17, 15) is 21.6 Å². The van der Waals surface area contributed by atoms with Gasteiger partial charge in [-0.15, -0.1) is 0 Å². The topological polar surface area (TPSA) is 137 Å². The first-order valence-electron chi connectivity index (χ1n) is 9.13. The second-order valence-electron chi connectivity index (χ2n) is 6.58. The molecule has 0 amide bonds. The molecule has 0 aliphatic carbocycles. The van der Waals surface area contributed by atoms with Crippen molar-refractivity contribution in [3.8, 4) is 0 Å². The number of imidazole rings is 1. The standard InChI is InChI=1S/C16H24N5O2S.CHF3O3S/c1-14(16-8-4-5-9-17-16)18-19-24(22,23)13-7-6-10-21-12-11-20(3)15(21)2;2-1(3,4)8(5,6)7/h4-5,8-9,11-12,19H,6-7,10,13H2,1-3H3;(H,5,6,7)/q+1;/p-1/b18-14-;. The van der Waals surface area contributed by atoms with E-state index in [1.165, 1.54) is 0 Å². The average molecular weight is 500 g/mol. The summed E-state index contributed by atoms with van der Waals surface area (Å²) in [5, 5.41) is 3.93. The molecule has 0 saturated heterocycles. The highest BCUT2D eigenvalue weighted by molar-refractivity contribution is 7.89. The van der Waals surface area contributed by atoms with Gasteiger partial charge in [0.2, 0.25) is 10.0 Å². The zero-order valence-corrected chi connectivity index (χ0v) is 19.2. The third-order valence-electron chi connectivity index (χ3n) is 4.13. The molecule has 0 radical (unpaired) electrons. The molecule has 32 heavy (non-hydrogen) atoms. The van der Waals surface area contributed by atoms with Crippen LogP contribution in [0.5, 0.6) is 0 Å². The van der Waals surface area contributed by atoms with Gasteiger partial charge in [-0.2, -0.15) is 18.3 Å². The molecule has 15 heteroatoms. The Morgan fingerprint density at radius 2 is 1.88 bits per heavy atom. The van der Waals surface area contributed by atoms with Crippen molar-refractivity contribution >= 4 is 25.9 Å². The summed E-state index contributed by atoms with van der Waals surface area (Å²) < 4.78 is 87.1. The third-order valence-corrected chi connectivity index (χ3v) is 5.89. The van der Waals surface area contributed by atoms with E-state index in [0.29, 0.717) is 17.8 Å². The Morgan fingerprint density at radius 3 is 2.34 bits per heavy atom. The molecule has 180 valence electrons. The molecule has 0 aliphatic rings. The molecule has 2 aromatic heterocycles. The molecular weight excluding hydrogens is 475 g/mol. The quantitative estimate of drug-likeness (QED) is 0.145. The van der Waals surface area contributed by atoms with Crippen molar-refractivity contribution in [3.63, 3.8) is 0 Å². The van der Waals surface area contributed by atoms with E-state index >= 15 is 0 Å². The number of nitrogens with zero attached hydrogens (tertiary/aromatic N) is 4. The number of hydrogen-bond acceptors (Lipinski definition) is 7. The minimum Gasteiger partial charge on any atom is -0.741 e. The number of pyridine rings is 1. The van der Waals surface area contributed by atoms with Crippen LogP contribution in [0.4, 0.5) is 13.2 Å². The van der Waals surface area contributed by atoms with Gasteiger partial charge in [-0.3, -0.25) is 4.98 Å². The molecule has 0 unspecified atom stereocenters. The zero-order chi connectivity index (χ0) is 24.6. The van der Waals surface area contributed by atoms with Crippen molar-refractivity contribution in [2.24, 2.45) is 12.1 Å². The number of aryl methyl sites for hydroxylation is 2. The molecule has 0 saturated carbocycles. The number of hydrazone groups is 1. The van der Waals surface area contributed by atoms with Crippen LogP contribution in [-0.4, -0.2) is 47.9 Å². The number of nitrogens with one attached hydrogen (secondary N) is 1. The molecular formula is C17H24F3N5O5S2. The van der Waals surface area contributed by atoms with Gasteiger partial charge in [0, 0.05) is 13.1 Å². The average Bonchev–Trinajstić information content (AvgIpc) is 3.01. The van der Waals surface area contributed by atoms with Crippen LogP contribution in [-0.2, 0) is 33.7 Å². The molecule has 2 aromatic rings. The number of alkyl halides is 3. The Balaban J connectivity index is 0.000000547.